The number of hydrogen-bond acceptors (Lipinski definition) is 2. The molecule has 1 aliphatic carbocycles. The van der Waals surface area contributed by atoms with E-state index in [1.165, 1.54) is 5.75 Å². The number of thioether (sulfide) groups is 1. The Bertz CT molecular complexity index is 201. The Hall–Kier alpha value is 0.0200. The molecule has 0 radical (unpaired) electrons. The third-order valence-electron chi connectivity index (χ3n) is 3.56. The summed E-state index contributed by atoms with van der Waals surface area (Å²) in [5.74, 6) is 4.79. The molecule has 0 heterocycles. The lowest BCUT2D eigenvalue weighted by atomic mass is 9.75. The Kier molecular flexibility index (Phi) is 5.73. The standard InChI is InChI=1S/C13H24OS/c1-4-15-8-7-12-9-11(10(2)3)5-6-13(12)14/h10-12H,4-9H2,1-3H3. The molecule has 1 fully saturated rings. The van der Waals surface area contributed by atoms with Crippen molar-refractivity contribution in [2.24, 2.45) is 17.8 Å². The van der Waals surface area contributed by atoms with Gasteiger partial charge in [-0.15, -0.1) is 0 Å². The summed E-state index contributed by atoms with van der Waals surface area (Å²) in [7, 11) is 0. The molecule has 0 bridgehead atoms. The number of carbonyl (C=O) groups excluding carboxylic acids is 1. The van der Waals surface area contributed by atoms with Crippen LogP contribution >= 0.6 is 11.8 Å². The quantitative estimate of drug-likeness (QED) is 0.666. The average molecular weight is 228 g/mol. The smallest absolute Gasteiger partial charge is 0.136 e. The van der Waals surface area contributed by atoms with Gasteiger partial charge >= 0.3 is 0 Å². The molecule has 2 unspecified atom stereocenters. The van der Waals surface area contributed by atoms with Crippen LogP contribution < -0.4 is 0 Å². The van der Waals surface area contributed by atoms with Crippen LogP contribution in [-0.2, 0) is 4.79 Å². The van der Waals surface area contributed by atoms with Gasteiger partial charge in [0.15, 0.2) is 0 Å². The highest BCUT2D eigenvalue weighted by atomic mass is 32.2. The van der Waals surface area contributed by atoms with Crippen LogP contribution in [0.25, 0.3) is 0 Å². The first kappa shape index (κ1) is 13.1. The molecule has 0 aromatic heterocycles. The van der Waals surface area contributed by atoms with E-state index in [-0.39, 0.29) is 0 Å². The minimum atomic E-state index is 0.380. The Morgan fingerprint density at radius 3 is 2.80 bits per heavy atom. The molecular formula is C13H24OS. The third kappa shape index (κ3) is 4.18. The summed E-state index contributed by atoms with van der Waals surface area (Å²) in [4.78, 5) is 11.7. The van der Waals surface area contributed by atoms with E-state index in [2.05, 4.69) is 20.8 Å². The lowest BCUT2D eigenvalue weighted by molar-refractivity contribution is -0.126. The Balaban J connectivity index is 2.36. The summed E-state index contributed by atoms with van der Waals surface area (Å²) in [5, 5.41) is 0. The van der Waals surface area contributed by atoms with Gasteiger partial charge in [-0.3, -0.25) is 4.79 Å². The molecular weight excluding hydrogens is 204 g/mol. The molecule has 2 heteroatoms. The van der Waals surface area contributed by atoms with Gasteiger partial charge in [-0.1, -0.05) is 20.8 Å². The van der Waals surface area contributed by atoms with Gasteiger partial charge in [0.1, 0.15) is 5.78 Å². The number of Topliss-reactive ketones (excluding diaryl/α,β-unsaturated/α-hetero) is 1. The molecule has 1 rings (SSSR count). The number of hydrogen-bond donors (Lipinski definition) is 0. The molecule has 0 N–H and O–H groups in total. The second kappa shape index (κ2) is 6.57. The molecule has 0 spiro atoms. The highest BCUT2D eigenvalue weighted by molar-refractivity contribution is 7.99. The molecule has 1 nitrogen and oxygen atoms in total. The first-order chi connectivity index (χ1) is 7.15. The van der Waals surface area contributed by atoms with E-state index in [1.807, 2.05) is 11.8 Å². The second-order valence-corrected chi connectivity index (χ2v) is 6.32. The van der Waals surface area contributed by atoms with Crippen molar-refractivity contribution >= 4 is 17.5 Å². The fourth-order valence-electron chi connectivity index (χ4n) is 2.40. The third-order valence-corrected chi connectivity index (χ3v) is 4.49. The van der Waals surface area contributed by atoms with Crippen LogP contribution in [-0.4, -0.2) is 17.3 Å². The summed E-state index contributed by atoms with van der Waals surface area (Å²) >= 11 is 1.96. The predicted molar refractivity (Wildman–Crippen MR) is 68.3 cm³/mol. The van der Waals surface area contributed by atoms with Crippen LogP contribution in [0.4, 0.5) is 0 Å². The van der Waals surface area contributed by atoms with Crippen molar-refractivity contribution in [2.45, 2.75) is 46.5 Å². The fourth-order valence-corrected chi connectivity index (χ4v) is 3.14. The lowest BCUT2D eigenvalue weighted by Gasteiger charge is -2.30. The number of rotatable bonds is 5. The van der Waals surface area contributed by atoms with Gasteiger partial charge in [-0.2, -0.15) is 11.8 Å². The first-order valence-electron chi connectivity index (χ1n) is 6.25. The Morgan fingerprint density at radius 1 is 1.47 bits per heavy atom. The van der Waals surface area contributed by atoms with Crippen LogP contribution in [0.5, 0.6) is 0 Å². The predicted octanol–water partition coefficient (Wildman–Crippen LogP) is 3.77. The van der Waals surface area contributed by atoms with E-state index in [4.69, 9.17) is 0 Å². The topological polar surface area (TPSA) is 17.1 Å². The zero-order valence-electron chi connectivity index (χ0n) is 10.3. The van der Waals surface area contributed by atoms with Gasteiger partial charge in [0, 0.05) is 12.3 Å². The van der Waals surface area contributed by atoms with E-state index >= 15 is 0 Å². The van der Waals surface area contributed by atoms with Crippen LogP contribution in [0.1, 0.15) is 46.5 Å². The summed E-state index contributed by atoms with van der Waals surface area (Å²) in [6.07, 6.45) is 4.24. The molecule has 88 valence electrons. The van der Waals surface area contributed by atoms with Crippen LogP contribution in [0.3, 0.4) is 0 Å². The monoisotopic (exact) mass is 228 g/mol. The molecule has 0 aromatic rings. The van der Waals surface area contributed by atoms with Crippen LogP contribution in [0.2, 0.25) is 0 Å². The minimum Gasteiger partial charge on any atom is -0.299 e. The number of ketones is 1. The van der Waals surface area contributed by atoms with Gasteiger partial charge in [-0.05, 0) is 42.6 Å². The van der Waals surface area contributed by atoms with Crippen molar-refractivity contribution in [1.82, 2.24) is 0 Å². The molecule has 2 atom stereocenters. The summed E-state index contributed by atoms with van der Waals surface area (Å²) in [6, 6.07) is 0. The SMILES string of the molecule is CCSCCC1CC(C(C)C)CCC1=O. The van der Waals surface area contributed by atoms with Crippen molar-refractivity contribution in [2.75, 3.05) is 11.5 Å². The highest BCUT2D eigenvalue weighted by Crippen LogP contribution is 2.33. The normalized spacial score (nSPS) is 27.3. The van der Waals surface area contributed by atoms with Gasteiger partial charge in [0.2, 0.25) is 0 Å². The van der Waals surface area contributed by atoms with E-state index in [0.29, 0.717) is 11.7 Å². The average Bonchev–Trinajstić information content (AvgIpc) is 2.20. The highest BCUT2D eigenvalue weighted by Gasteiger charge is 2.29. The van der Waals surface area contributed by atoms with Crippen molar-refractivity contribution in [1.29, 1.82) is 0 Å². The first-order valence-corrected chi connectivity index (χ1v) is 7.41. The van der Waals surface area contributed by atoms with Gasteiger partial charge < -0.3 is 0 Å². The largest absolute Gasteiger partial charge is 0.299 e. The van der Waals surface area contributed by atoms with Crippen LogP contribution in [0, 0.1) is 17.8 Å². The molecule has 0 aromatic carbocycles. The van der Waals surface area contributed by atoms with Crippen molar-refractivity contribution in [3.8, 4) is 0 Å². The van der Waals surface area contributed by atoms with E-state index in [0.717, 1.165) is 43.3 Å². The molecule has 1 saturated carbocycles. The van der Waals surface area contributed by atoms with E-state index in [1.54, 1.807) is 0 Å². The molecule has 0 aliphatic heterocycles. The van der Waals surface area contributed by atoms with E-state index < -0.39 is 0 Å². The molecule has 0 amide bonds. The van der Waals surface area contributed by atoms with E-state index in [9.17, 15) is 4.79 Å². The molecule has 0 saturated heterocycles. The van der Waals surface area contributed by atoms with Crippen LogP contribution in [0.15, 0.2) is 0 Å². The maximum atomic E-state index is 11.7. The van der Waals surface area contributed by atoms with Gasteiger partial charge in [0.25, 0.3) is 0 Å². The minimum absolute atomic E-state index is 0.380. The maximum absolute atomic E-state index is 11.7. The van der Waals surface area contributed by atoms with Crippen molar-refractivity contribution in [3.05, 3.63) is 0 Å². The summed E-state index contributed by atoms with van der Waals surface area (Å²) in [6.45, 7) is 6.76. The number of carbonyl (C=O) groups is 1. The zero-order valence-corrected chi connectivity index (χ0v) is 11.1. The van der Waals surface area contributed by atoms with Crippen molar-refractivity contribution in [3.63, 3.8) is 0 Å². The Labute approximate surface area is 98.4 Å². The van der Waals surface area contributed by atoms with Gasteiger partial charge in [0.05, 0.1) is 0 Å². The summed E-state index contributed by atoms with van der Waals surface area (Å²) < 4.78 is 0. The molecule has 1 aliphatic rings. The Morgan fingerprint density at radius 2 is 2.20 bits per heavy atom. The zero-order chi connectivity index (χ0) is 11.3. The maximum Gasteiger partial charge on any atom is 0.136 e. The van der Waals surface area contributed by atoms with Crippen molar-refractivity contribution < 1.29 is 4.79 Å². The van der Waals surface area contributed by atoms with Gasteiger partial charge in [-0.25, -0.2) is 0 Å². The molecule has 15 heavy (non-hydrogen) atoms. The lowest BCUT2D eigenvalue weighted by Crippen LogP contribution is -2.27. The second-order valence-electron chi connectivity index (χ2n) is 4.93. The fraction of sp³-hybridized carbons (Fsp3) is 0.923. The summed E-state index contributed by atoms with van der Waals surface area (Å²) in [5.41, 5.74) is 0.